The van der Waals surface area contributed by atoms with Gasteiger partial charge in [-0.2, -0.15) is 0 Å². The van der Waals surface area contributed by atoms with Gasteiger partial charge in [0.2, 0.25) is 0 Å². The molecule has 0 amide bonds. The highest BCUT2D eigenvalue weighted by Gasteiger charge is 2.31. The molecule has 0 aromatic heterocycles. The fourth-order valence-corrected chi connectivity index (χ4v) is 2.56. The average molecular weight is 168 g/mol. The molecule has 2 rings (SSSR count). The van der Waals surface area contributed by atoms with Crippen LogP contribution in [0, 0.1) is 0 Å². The molecule has 2 heteroatoms. The van der Waals surface area contributed by atoms with Gasteiger partial charge in [-0.25, -0.2) is 0 Å². The number of hydrogen-bond acceptors (Lipinski definition) is 2. The monoisotopic (exact) mass is 168 g/mol. The van der Waals surface area contributed by atoms with Crippen LogP contribution in [0.25, 0.3) is 0 Å². The van der Waals surface area contributed by atoms with E-state index in [1.807, 2.05) is 0 Å². The Morgan fingerprint density at radius 3 is 1.58 bits per heavy atom. The second-order valence-corrected chi connectivity index (χ2v) is 4.50. The lowest BCUT2D eigenvalue weighted by atomic mass is 9.86. The van der Waals surface area contributed by atoms with E-state index < -0.39 is 0 Å². The minimum atomic E-state index is 0.737. The molecule has 2 nitrogen and oxygen atoms in total. The van der Waals surface area contributed by atoms with Crippen LogP contribution in [-0.2, 0) is 0 Å². The van der Waals surface area contributed by atoms with Gasteiger partial charge in [0, 0.05) is 24.2 Å². The van der Waals surface area contributed by atoms with Crippen LogP contribution in [0.3, 0.4) is 0 Å². The summed E-state index contributed by atoms with van der Waals surface area (Å²) in [5.74, 6) is 0. The van der Waals surface area contributed by atoms with Gasteiger partial charge in [-0.05, 0) is 39.5 Å². The van der Waals surface area contributed by atoms with Crippen LogP contribution in [0.4, 0.5) is 0 Å². The van der Waals surface area contributed by atoms with Crippen molar-refractivity contribution in [2.75, 3.05) is 0 Å². The van der Waals surface area contributed by atoms with Crippen molar-refractivity contribution in [2.24, 2.45) is 0 Å². The summed E-state index contributed by atoms with van der Waals surface area (Å²) < 4.78 is 0. The smallest absolute Gasteiger partial charge is 0.0224 e. The summed E-state index contributed by atoms with van der Waals surface area (Å²) in [6, 6.07) is 2.98. The number of rotatable bonds is 0. The predicted octanol–water partition coefficient (Wildman–Crippen LogP) is 1.27. The standard InChI is InChI=1S/C10H20N2/c1-7-3-5-10-9(11-7)6-4-8(2)12-10/h7-12H,3-6H2,1-2H3/t7-,8-,9-,10-/m1/s1. The van der Waals surface area contributed by atoms with Crippen molar-refractivity contribution >= 4 is 0 Å². The lowest BCUT2D eigenvalue weighted by Crippen LogP contribution is -2.59. The Morgan fingerprint density at radius 1 is 0.750 bits per heavy atom. The van der Waals surface area contributed by atoms with Crippen LogP contribution in [0.2, 0.25) is 0 Å². The van der Waals surface area contributed by atoms with Gasteiger partial charge < -0.3 is 10.6 Å². The van der Waals surface area contributed by atoms with Gasteiger partial charge >= 0.3 is 0 Å². The number of hydrogen-bond donors (Lipinski definition) is 2. The maximum Gasteiger partial charge on any atom is 0.0224 e. The van der Waals surface area contributed by atoms with Gasteiger partial charge in [0.05, 0.1) is 0 Å². The van der Waals surface area contributed by atoms with Crippen LogP contribution < -0.4 is 10.6 Å². The van der Waals surface area contributed by atoms with Gasteiger partial charge in [-0.1, -0.05) is 0 Å². The van der Waals surface area contributed by atoms with E-state index in [1.165, 1.54) is 25.7 Å². The highest BCUT2D eigenvalue weighted by Crippen LogP contribution is 2.22. The van der Waals surface area contributed by atoms with Crippen LogP contribution in [-0.4, -0.2) is 24.2 Å². The van der Waals surface area contributed by atoms with Crippen molar-refractivity contribution in [2.45, 2.75) is 63.7 Å². The van der Waals surface area contributed by atoms with Crippen LogP contribution >= 0.6 is 0 Å². The zero-order valence-corrected chi connectivity index (χ0v) is 8.14. The molecular weight excluding hydrogens is 148 g/mol. The largest absolute Gasteiger partial charge is 0.310 e. The maximum atomic E-state index is 3.68. The molecule has 0 aromatic rings. The Hall–Kier alpha value is -0.0800. The summed E-state index contributed by atoms with van der Waals surface area (Å²) in [6.07, 6.45) is 5.40. The summed E-state index contributed by atoms with van der Waals surface area (Å²) in [4.78, 5) is 0. The van der Waals surface area contributed by atoms with Crippen LogP contribution in [0.1, 0.15) is 39.5 Å². The number of nitrogens with one attached hydrogen (secondary N) is 2. The normalized spacial score (nSPS) is 48.5. The molecule has 0 bridgehead atoms. The number of fused-ring (bicyclic) bond motifs is 1. The molecule has 2 N–H and O–H groups in total. The van der Waals surface area contributed by atoms with Crippen molar-refractivity contribution in [3.05, 3.63) is 0 Å². The van der Waals surface area contributed by atoms with E-state index in [0.717, 1.165) is 24.2 Å². The molecule has 0 saturated carbocycles. The minimum Gasteiger partial charge on any atom is -0.310 e. The van der Waals surface area contributed by atoms with E-state index in [1.54, 1.807) is 0 Å². The second-order valence-electron chi connectivity index (χ2n) is 4.50. The van der Waals surface area contributed by atoms with Crippen molar-refractivity contribution < 1.29 is 0 Å². The predicted molar refractivity (Wildman–Crippen MR) is 51.2 cm³/mol. The number of piperidine rings is 2. The van der Waals surface area contributed by atoms with Gasteiger partial charge in [0.1, 0.15) is 0 Å². The third-order valence-electron chi connectivity index (χ3n) is 3.30. The summed E-state index contributed by atoms with van der Waals surface area (Å²) in [5, 5.41) is 7.35. The van der Waals surface area contributed by atoms with Crippen LogP contribution in [0.5, 0.6) is 0 Å². The van der Waals surface area contributed by atoms with Crippen molar-refractivity contribution in [3.63, 3.8) is 0 Å². The Bertz CT molecular complexity index is 140. The average Bonchev–Trinajstić information content (AvgIpc) is 2.05. The molecule has 70 valence electrons. The van der Waals surface area contributed by atoms with E-state index in [4.69, 9.17) is 0 Å². The lowest BCUT2D eigenvalue weighted by molar-refractivity contribution is 0.192. The first kappa shape index (κ1) is 8.52. The van der Waals surface area contributed by atoms with Gasteiger partial charge in [-0.3, -0.25) is 0 Å². The molecule has 0 spiro atoms. The SMILES string of the molecule is C[C@@H]1CC[C@H]2N[C@H](C)CC[C@H]2N1. The maximum absolute atomic E-state index is 3.68. The Morgan fingerprint density at radius 2 is 1.17 bits per heavy atom. The molecule has 2 fully saturated rings. The zero-order valence-electron chi connectivity index (χ0n) is 8.14. The highest BCUT2D eigenvalue weighted by molar-refractivity contribution is 4.94. The van der Waals surface area contributed by atoms with Crippen molar-refractivity contribution in [1.82, 2.24) is 10.6 Å². The minimum absolute atomic E-state index is 0.737. The topological polar surface area (TPSA) is 24.1 Å². The van der Waals surface area contributed by atoms with E-state index >= 15 is 0 Å². The Labute approximate surface area is 75.1 Å². The quantitative estimate of drug-likeness (QED) is 0.569. The Balaban J connectivity index is 1.94. The molecule has 2 saturated heterocycles. The summed E-state index contributed by atoms with van der Waals surface area (Å²) in [7, 11) is 0. The third kappa shape index (κ3) is 1.64. The molecule has 2 aliphatic rings. The molecular formula is C10H20N2. The van der Waals surface area contributed by atoms with Crippen LogP contribution in [0.15, 0.2) is 0 Å². The van der Waals surface area contributed by atoms with Gasteiger partial charge in [0.15, 0.2) is 0 Å². The fraction of sp³-hybridized carbons (Fsp3) is 1.00. The molecule has 12 heavy (non-hydrogen) atoms. The summed E-state index contributed by atoms with van der Waals surface area (Å²) >= 11 is 0. The lowest BCUT2D eigenvalue weighted by Gasteiger charge is -2.42. The van der Waals surface area contributed by atoms with E-state index in [2.05, 4.69) is 24.5 Å². The van der Waals surface area contributed by atoms with Gasteiger partial charge in [-0.15, -0.1) is 0 Å². The fourth-order valence-electron chi connectivity index (χ4n) is 2.56. The first-order valence-electron chi connectivity index (χ1n) is 5.28. The zero-order chi connectivity index (χ0) is 8.55. The molecule has 2 heterocycles. The third-order valence-corrected chi connectivity index (χ3v) is 3.30. The van der Waals surface area contributed by atoms with E-state index in [-0.39, 0.29) is 0 Å². The molecule has 2 aliphatic heterocycles. The van der Waals surface area contributed by atoms with Crippen molar-refractivity contribution in [3.8, 4) is 0 Å². The summed E-state index contributed by atoms with van der Waals surface area (Å²) in [6.45, 7) is 4.60. The van der Waals surface area contributed by atoms with E-state index in [9.17, 15) is 0 Å². The molecule has 0 aliphatic carbocycles. The first-order valence-corrected chi connectivity index (χ1v) is 5.28. The first-order chi connectivity index (χ1) is 5.75. The van der Waals surface area contributed by atoms with E-state index in [0.29, 0.717) is 0 Å². The molecule has 0 radical (unpaired) electrons. The van der Waals surface area contributed by atoms with Crippen molar-refractivity contribution in [1.29, 1.82) is 0 Å². The molecule has 4 atom stereocenters. The highest BCUT2D eigenvalue weighted by atomic mass is 15.1. The van der Waals surface area contributed by atoms with Gasteiger partial charge in [0.25, 0.3) is 0 Å². The Kier molecular flexibility index (Phi) is 2.37. The second kappa shape index (κ2) is 3.35. The molecule has 0 unspecified atom stereocenters. The summed E-state index contributed by atoms with van der Waals surface area (Å²) in [5.41, 5.74) is 0. The molecule has 0 aromatic carbocycles.